The molecule has 0 heterocycles. The molecule has 0 atom stereocenters. The Morgan fingerprint density at radius 2 is 0.182 bits per heavy atom. The van der Waals surface area contributed by atoms with Crippen molar-refractivity contribution in [2.45, 2.75) is 0 Å². The first-order valence-electron chi connectivity index (χ1n) is 0. The van der Waals surface area contributed by atoms with Crippen LogP contribution in [0, 0.1) is 0 Å². The summed E-state index contributed by atoms with van der Waals surface area (Å²) in [4.78, 5) is 0. The van der Waals surface area contributed by atoms with Gasteiger partial charge in [0.15, 0.2) is 0 Å². The molecule has 0 spiro atoms. The minimum absolute atomic E-state index is 0. The van der Waals surface area contributed by atoms with Crippen molar-refractivity contribution in [3.8, 4) is 0 Å². The summed E-state index contributed by atoms with van der Waals surface area (Å²) in [7, 11) is 0. The zero-order valence-corrected chi connectivity index (χ0v) is 19.5. The van der Waals surface area contributed by atoms with Crippen LogP contribution in [-0.4, -0.2) is 156 Å². The van der Waals surface area contributed by atoms with E-state index in [-0.39, 0.29) is 195 Å². The first-order chi connectivity index (χ1) is 0. The monoisotopic (exact) mass is 449 g/mol. The van der Waals surface area contributed by atoms with Gasteiger partial charge in [0, 0.05) is 195 Å². The summed E-state index contributed by atoms with van der Waals surface area (Å²) < 4.78 is 0. The van der Waals surface area contributed by atoms with Crippen LogP contribution in [-0.2, 0) is 39.0 Å². The zero-order valence-electron chi connectivity index (χ0n) is 5.86. The van der Waals surface area contributed by atoms with E-state index >= 15 is 0 Å². The fraction of sp³-hybridized carbons (Fsp3) is 0. The molecule has 0 fully saturated rings. The largest absolute Gasteiger partial charge is 0 e. The van der Waals surface area contributed by atoms with Gasteiger partial charge in [0.1, 0.15) is 0 Å². The summed E-state index contributed by atoms with van der Waals surface area (Å²) in [5.74, 6) is 0. The van der Waals surface area contributed by atoms with Gasteiger partial charge in [0.2, 0.25) is 0 Å². The summed E-state index contributed by atoms with van der Waals surface area (Å²) in [5.41, 5.74) is 0. The SMILES string of the molecule is [Al].[Al].[Al].[Al].[Al].[Al].[Al].[Al].[Al].[Rh].[Rh]. The molecule has 0 amide bonds. The molecule has 0 aliphatic carbocycles. The van der Waals surface area contributed by atoms with Crippen LogP contribution in [0.15, 0.2) is 0 Å². The van der Waals surface area contributed by atoms with Gasteiger partial charge in [-0.3, -0.25) is 0 Å². The van der Waals surface area contributed by atoms with Crippen molar-refractivity contribution in [1.29, 1.82) is 0 Å². The Morgan fingerprint density at radius 1 is 0.182 bits per heavy atom. The molecule has 0 nitrogen and oxygen atoms in total. The van der Waals surface area contributed by atoms with Crippen molar-refractivity contribution in [3.05, 3.63) is 0 Å². The van der Waals surface area contributed by atoms with E-state index in [0.717, 1.165) is 0 Å². The third-order valence-electron chi connectivity index (χ3n) is 0. The summed E-state index contributed by atoms with van der Waals surface area (Å²) >= 11 is 0. The predicted molar refractivity (Wildman–Crippen MR) is 51.8 cm³/mol. The van der Waals surface area contributed by atoms with E-state index in [9.17, 15) is 0 Å². The molecule has 29 radical (unpaired) electrons. The predicted octanol–water partition coefficient (Wildman–Crippen LogP) is -3.43. The third kappa shape index (κ3) is 86.7. The first kappa shape index (κ1) is 120. The maximum absolute atomic E-state index is 0. The molecule has 45 valence electrons. The van der Waals surface area contributed by atoms with Gasteiger partial charge in [-0.2, -0.15) is 0 Å². The van der Waals surface area contributed by atoms with Crippen LogP contribution in [0.3, 0.4) is 0 Å². The summed E-state index contributed by atoms with van der Waals surface area (Å²) in [6, 6.07) is 0. The van der Waals surface area contributed by atoms with Gasteiger partial charge in [-0.1, -0.05) is 0 Å². The van der Waals surface area contributed by atoms with E-state index in [4.69, 9.17) is 0 Å². The average Bonchev–Trinajstić information content (AvgIpc) is 0. The van der Waals surface area contributed by atoms with Crippen molar-refractivity contribution >= 4 is 156 Å². The fourth-order valence-electron chi connectivity index (χ4n) is 0. The van der Waals surface area contributed by atoms with Gasteiger partial charge in [-0.15, -0.1) is 0 Å². The molecular formula is Al9Rh2. The van der Waals surface area contributed by atoms with Crippen LogP contribution in [0.4, 0.5) is 0 Å². The van der Waals surface area contributed by atoms with Crippen molar-refractivity contribution < 1.29 is 39.0 Å². The molecule has 0 aromatic rings. The second kappa shape index (κ2) is 99.5. The maximum Gasteiger partial charge on any atom is 0 e. The minimum Gasteiger partial charge on any atom is 0 e. The summed E-state index contributed by atoms with van der Waals surface area (Å²) in [6.07, 6.45) is 0. The van der Waals surface area contributed by atoms with Crippen LogP contribution < -0.4 is 0 Å². The topological polar surface area (TPSA) is 0 Å². The minimum atomic E-state index is 0. The fourth-order valence-corrected chi connectivity index (χ4v) is 0. The zero-order chi connectivity index (χ0) is 0. The molecule has 0 bridgehead atoms. The van der Waals surface area contributed by atoms with Crippen LogP contribution >= 0.6 is 0 Å². The number of hydrogen-bond acceptors (Lipinski definition) is 0. The Morgan fingerprint density at radius 3 is 0.182 bits per heavy atom. The van der Waals surface area contributed by atoms with E-state index < -0.39 is 0 Å². The summed E-state index contributed by atoms with van der Waals surface area (Å²) in [6.45, 7) is 0. The Bertz CT molecular complexity index is 7.52. The first-order valence-corrected chi connectivity index (χ1v) is 0. The standard InChI is InChI=1S/9Al.2Rh. The molecule has 0 aliphatic heterocycles. The van der Waals surface area contributed by atoms with Gasteiger partial charge >= 0.3 is 0 Å². The van der Waals surface area contributed by atoms with Crippen LogP contribution in [0.5, 0.6) is 0 Å². The van der Waals surface area contributed by atoms with Gasteiger partial charge in [0.25, 0.3) is 0 Å². The van der Waals surface area contributed by atoms with E-state index in [1.165, 1.54) is 0 Å². The third-order valence-corrected chi connectivity index (χ3v) is 0. The quantitative estimate of drug-likeness (QED) is 0.339. The van der Waals surface area contributed by atoms with E-state index in [0.29, 0.717) is 0 Å². The smallest absolute Gasteiger partial charge is 0 e. The van der Waals surface area contributed by atoms with Crippen molar-refractivity contribution in [2.24, 2.45) is 0 Å². The normalized spacial score (nSPS) is 0. The second-order valence-corrected chi connectivity index (χ2v) is 0. The van der Waals surface area contributed by atoms with E-state index in [1.807, 2.05) is 0 Å². The molecule has 0 saturated heterocycles. The Kier molecular flexibility index (Phi) is 1090. The molecule has 0 aromatic heterocycles. The summed E-state index contributed by atoms with van der Waals surface area (Å²) in [5, 5.41) is 0. The van der Waals surface area contributed by atoms with E-state index in [2.05, 4.69) is 0 Å². The van der Waals surface area contributed by atoms with Crippen molar-refractivity contribution in [1.82, 2.24) is 0 Å². The molecule has 0 aromatic carbocycles. The molecule has 0 rings (SSSR count). The maximum atomic E-state index is 0. The van der Waals surface area contributed by atoms with E-state index in [1.54, 1.807) is 0 Å². The second-order valence-electron chi connectivity index (χ2n) is 0. The molecule has 0 unspecified atom stereocenters. The molecule has 0 saturated carbocycles. The molecule has 11 heteroatoms. The van der Waals surface area contributed by atoms with Gasteiger partial charge in [0.05, 0.1) is 0 Å². The van der Waals surface area contributed by atoms with Crippen LogP contribution in [0.1, 0.15) is 0 Å². The van der Waals surface area contributed by atoms with Gasteiger partial charge in [-0.25, -0.2) is 0 Å². The van der Waals surface area contributed by atoms with Crippen molar-refractivity contribution in [3.63, 3.8) is 0 Å². The van der Waals surface area contributed by atoms with Gasteiger partial charge in [-0.05, 0) is 0 Å². The molecule has 11 heavy (non-hydrogen) atoms. The molecule has 0 aliphatic rings. The van der Waals surface area contributed by atoms with Crippen LogP contribution in [0.25, 0.3) is 0 Å². The Hall–Kier alpha value is 6.04. The number of hydrogen-bond donors (Lipinski definition) is 0. The molecule has 0 N–H and O–H groups in total. The van der Waals surface area contributed by atoms with Crippen LogP contribution in [0.2, 0.25) is 0 Å². The molecular weight excluding hydrogens is 449 g/mol. The van der Waals surface area contributed by atoms with Gasteiger partial charge < -0.3 is 0 Å². The average molecular weight is 449 g/mol. The van der Waals surface area contributed by atoms with Crippen molar-refractivity contribution in [2.75, 3.05) is 0 Å². The Labute approximate surface area is 191 Å². The Balaban J connectivity index is 0. The number of rotatable bonds is 0.